The lowest BCUT2D eigenvalue weighted by molar-refractivity contribution is -0.137. The van der Waals surface area contributed by atoms with Gasteiger partial charge in [-0.25, -0.2) is 0 Å². The van der Waals surface area contributed by atoms with E-state index in [0.29, 0.717) is 40.5 Å². The Morgan fingerprint density at radius 2 is 1.93 bits per heavy atom. The maximum absolute atomic E-state index is 12.5. The standard InChI is InChI=1S/C18H25F2N3O2S2/c19-18(20)27-14-5-12-26-15(14)16(24)21-6-7-22-8-10-23(11-9-22)17(25)13-3-1-2-4-13/h5,12-13,18H,1-4,6-11H2,(H,21,24). The van der Waals surface area contributed by atoms with Crippen LogP contribution < -0.4 is 5.32 Å². The van der Waals surface area contributed by atoms with Gasteiger partial charge in [0.2, 0.25) is 5.91 Å². The van der Waals surface area contributed by atoms with Crippen molar-refractivity contribution in [3.05, 3.63) is 16.3 Å². The van der Waals surface area contributed by atoms with Crippen molar-refractivity contribution in [3.8, 4) is 0 Å². The van der Waals surface area contributed by atoms with E-state index in [0.717, 1.165) is 51.9 Å². The van der Waals surface area contributed by atoms with Gasteiger partial charge in [0.1, 0.15) is 4.88 Å². The van der Waals surface area contributed by atoms with Crippen LogP contribution >= 0.6 is 23.1 Å². The molecule has 9 heteroatoms. The summed E-state index contributed by atoms with van der Waals surface area (Å²) in [5, 5.41) is 4.47. The van der Waals surface area contributed by atoms with E-state index in [4.69, 9.17) is 0 Å². The Bertz CT molecular complexity index is 642. The van der Waals surface area contributed by atoms with Gasteiger partial charge in [-0.3, -0.25) is 14.5 Å². The highest BCUT2D eigenvalue weighted by Gasteiger charge is 2.29. The van der Waals surface area contributed by atoms with Crippen molar-refractivity contribution < 1.29 is 18.4 Å². The second kappa shape index (κ2) is 9.84. The smallest absolute Gasteiger partial charge is 0.288 e. The average molecular weight is 418 g/mol. The lowest BCUT2D eigenvalue weighted by Crippen LogP contribution is -2.51. The molecule has 0 unspecified atom stereocenters. The molecule has 27 heavy (non-hydrogen) atoms. The fourth-order valence-electron chi connectivity index (χ4n) is 3.68. The highest BCUT2D eigenvalue weighted by atomic mass is 32.2. The van der Waals surface area contributed by atoms with E-state index in [9.17, 15) is 18.4 Å². The molecule has 2 aliphatic rings. The van der Waals surface area contributed by atoms with Gasteiger partial charge in [-0.15, -0.1) is 11.3 Å². The van der Waals surface area contributed by atoms with Crippen LogP contribution in [0.5, 0.6) is 0 Å². The molecule has 5 nitrogen and oxygen atoms in total. The molecule has 3 rings (SSSR count). The molecule has 0 bridgehead atoms. The highest BCUT2D eigenvalue weighted by molar-refractivity contribution is 7.99. The van der Waals surface area contributed by atoms with Crippen molar-refractivity contribution in [2.24, 2.45) is 5.92 Å². The fourth-order valence-corrected chi connectivity index (χ4v) is 5.30. The van der Waals surface area contributed by atoms with Crippen LogP contribution in [-0.4, -0.2) is 66.6 Å². The minimum absolute atomic E-state index is 0.224. The van der Waals surface area contributed by atoms with E-state index in [1.807, 2.05) is 4.90 Å². The monoisotopic (exact) mass is 417 g/mol. The number of carbonyl (C=O) groups is 2. The van der Waals surface area contributed by atoms with Crippen molar-refractivity contribution >= 4 is 34.9 Å². The Balaban J connectivity index is 1.37. The number of carbonyl (C=O) groups excluding carboxylic acids is 2. The molecule has 1 aromatic rings. The molecule has 1 aliphatic carbocycles. The molecule has 2 amide bonds. The van der Waals surface area contributed by atoms with E-state index < -0.39 is 5.76 Å². The quantitative estimate of drug-likeness (QED) is 0.693. The van der Waals surface area contributed by atoms with Crippen LogP contribution in [0, 0.1) is 5.92 Å². The molecule has 2 heterocycles. The largest absolute Gasteiger partial charge is 0.350 e. The van der Waals surface area contributed by atoms with Gasteiger partial charge in [0.15, 0.2) is 0 Å². The van der Waals surface area contributed by atoms with Crippen molar-refractivity contribution in [2.45, 2.75) is 36.3 Å². The number of hydrogen-bond acceptors (Lipinski definition) is 5. The topological polar surface area (TPSA) is 52.7 Å². The van der Waals surface area contributed by atoms with Gasteiger partial charge in [0, 0.05) is 50.1 Å². The summed E-state index contributed by atoms with van der Waals surface area (Å²) >= 11 is 1.58. The number of alkyl halides is 2. The van der Waals surface area contributed by atoms with Gasteiger partial charge in [-0.1, -0.05) is 24.6 Å². The van der Waals surface area contributed by atoms with Gasteiger partial charge in [-0.05, 0) is 24.3 Å². The summed E-state index contributed by atoms with van der Waals surface area (Å²) in [6.45, 7) is 4.25. The number of rotatable bonds is 7. The molecule has 0 spiro atoms. The van der Waals surface area contributed by atoms with Gasteiger partial charge in [-0.2, -0.15) is 8.78 Å². The van der Waals surface area contributed by atoms with E-state index in [-0.39, 0.29) is 11.8 Å². The van der Waals surface area contributed by atoms with Crippen molar-refractivity contribution in [2.75, 3.05) is 39.3 Å². The van der Waals surface area contributed by atoms with Crippen LogP contribution in [0.1, 0.15) is 35.4 Å². The van der Waals surface area contributed by atoms with Gasteiger partial charge >= 0.3 is 0 Å². The minimum atomic E-state index is -2.53. The molecule has 0 atom stereocenters. The third-order valence-electron chi connectivity index (χ3n) is 5.15. The number of thiophene rings is 1. The predicted octanol–water partition coefficient (Wildman–Crippen LogP) is 3.13. The highest BCUT2D eigenvalue weighted by Crippen LogP contribution is 2.31. The Kier molecular flexibility index (Phi) is 7.49. The number of thioether (sulfide) groups is 1. The molecule has 0 aromatic carbocycles. The average Bonchev–Trinajstić information content (AvgIpc) is 3.33. The Labute approximate surface area is 166 Å². The summed E-state index contributed by atoms with van der Waals surface area (Å²) in [6, 6.07) is 1.55. The summed E-state index contributed by atoms with van der Waals surface area (Å²) in [7, 11) is 0. The number of nitrogens with zero attached hydrogens (tertiary/aromatic N) is 2. The van der Waals surface area contributed by atoms with E-state index >= 15 is 0 Å². The molecule has 1 saturated heterocycles. The minimum Gasteiger partial charge on any atom is -0.350 e. The Hall–Kier alpha value is -1.19. The SMILES string of the molecule is O=C(NCCN1CCN(C(=O)C2CCCC2)CC1)c1sccc1SC(F)F. The van der Waals surface area contributed by atoms with Crippen LogP contribution in [-0.2, 0) is 4.79 Å². The maximum atomic E-state index is 12.5. The van der Waals surface area contributed by atoms with Crippen LogP contribution in [0.15, 0.2) is 16.3 Å². The second-order valence-electron chi connectivity index (χ2n) is 6.90. The summed E-state index contributed by atoms with van der Waals surface area (Å²) in [5.74, 6) is -2.30. The second-order valence-corrected chi connectivity index (χ2v) is 8.84. The van der Waals surface area contributed by atoms with E-state index in [1.165, 1.54) is 11.3 Å². The van der Waals surface area contributed by atoms with Crippen molar-refractivity contribution in [1.82, 2.24) is 15.1 Å². The van der Waals surface area contributed by atoms with Crippen LogP contribution in [0.4, 0.5) is 8.78 Å². The Morgan fingerprint density at radius 1 is 1.22 bits per heavy atom. The molecule has 2 fully saturated rings. The number of amides is 2. The van der Waals surface area contributed by atoms with Crippen molar-refractivity contribution in [3.63, 3.8) is 0 Å². The van der Waals surface area contributed by atoms with Crippen LogP contribution in [0.2, 0.25) is 0 Å². The predicted molar refractivity (Wildman–Crippen MR) is 103 cm³/mol. The third-order valence-corrected chi connectivity index (χ3v) is 6.97. The molecular weight excluding hydrogens is 392 g/mol. The molecule has 150 valence electrons. The number of piperazine rings is 1. The lowest BCUT2D eigenvalue weighted by atomic mass is 10.1. The van der Waals surface area contributed by atoms with Crippen molar-refractivity contribution in [1.29, 1.82) is 0 Å². The Morgan fingerprint density at radius 3 is 2.59 bits per heavy atom. The van der Waals surface area contributed by atoms with Gasteiger partial charge in [0.05, 0.1) is 0 Å². The first-order chi connectivity index (χ1) is 13.0. The summed E-state index contributed by atoms with van der Waals surface area (Å²) in [4.78, 5) is 29.5. The summed E-state index contributed by atoms with van der Waals surface area (Å²) in [5.41, 5.74) is 0. The van der Waals surface area contributed by atoms with E-state index in [2.05, 4.69) is 10.2 Å². The van der Waals surface area contributed by atoms with Gasteiger partial charge in [0.25, 0.3) is 11.7 Å². The first kappa shape index (κ1) is 20.5. The summed E-state index contributed by atoms with van der Waals surface area (Å²) in [6.07, 6.45) is 4.38. The lowest BCUT2D eigenvalue weighted by Gasteiger charge is -2.36. The first-order valence-electron chi connectivity index (χ1n) is 9.36. The molecule has 1 N–H and O–H groups in total. The van der Waals surface area contributed by atoms with E-state index in [1.54, 1.807) is 11.4 Å². The van der Waals surface area contributed by atoms with Crippen LogP contribution in [0.3, 0.4) is 0 Å². The fraction of sp³-hybridized carbons (Fsp3) is 0.667. The zero-order valence-electron chi connectivity index (χ0n) is 15.2. The molecule has 1 aromatic heterocycles. The normalized spacial score (nSPS) is 19.0. The molecule has 1 aliphatic heterocycles. The number of halogens is 2. The molecule has 1 saturated carbocycles. The van der Waals surface area contributed by atoms with Gasteiger partial charge < -0.3 is 10.2 Å². The number of hydrogen-bond donors (Lipinski definition) is 1. The maximum Gasteiger partial charge on any atom is 0.288 e. The first-order valence-corrected chi connectivity index (χ1v) is 11.1. The zero-order chi connectivity index (χ0) is 19.2. The van der Waals surface area contributed by atoms with Crippen LogP contribution in [0.25, 0.3) is 0 Å². The summed E-state index contributed by atoms with van der Waals surface area (Å²) < 4.78 is 25.0. The molecular formula is C18H25F2N3O2S2. The zero-order valence-corrected chi connectivity index (χ0v) is 16.8. The third kappa shape index (κ3) is 5.65. The number of nitrogens with one attached hydrogen (secondary N) is 1. The molecule has 0 radical (unpaired) electrons.